The van der Waals surface area contributed by atoms with E-state index < -0.39 is 10.8 Å². The zero-order valence-electron chi connectivity index (χ0n) is 11.7. The molecule has 0 fully saturated rings. The van der Waals surface area contributed by atoms with Gasteiger partial charge in [-0.25, -0.2) is 4.98 Å². The van der Waals surface area contributed by atoms with Crippen LogP contribution >= 0.6 is 0 Å². The van der Waals surface area contributed by atoms with Crippen molar-refractivity contribution in [1.82, 2.24) is 20.2 Å². The summed E-state index contributed by atoms with van der Waals surface area (Å²) in [6, 6.07) is 5.47. The number of fused-ring (bicyclic) bond motifs is 1. The van der Waals surface area contributed by atoms with Crippen molar-refractivity contribution in [3.8, 4) is 17.1 Å². The van der Waals surface area contributed by atoms with Crippen molar-refractivity contribution >= 4 is 21.8 Å². The molecule has 108 valence electrons. The second kappa shape index (κ2) is 5.61. The van der Waals surface area contributed by atoms with Crippen LogP contribution in [0.1, 0.15) is 6.92 Å². The lowest BCUT2D eigenvalue weighted by Gasteiger charge is -2.09. The molecule has 3 aromatic rings. The number of hydrogen-bond acceptors (Lipinski definition) is 5. The van der Waals surface area contributed by atoms with Crippen LogP contribution in [-0.4, -0.2) is 37.2 Å². The molecule has 1 N–H and O–H groups in total. The van der Waals surface area contributed by atoms with Crippen molar-refractivity contribution in [1.29, 1.82) is 0 Å². The van der Waals surface area contributed by atoms with E-state index in [1.807, 2.05) is 19.1 Å². The summed E-state index contributed by atoms with van der Waals surface area (Å²) >= 11 is 0. The minimum absolute atomic E-state index is 0.524. The molecule has 21 heavy (non-hydrogen) atoms. The molecule has 0 radical (unpaired) electrons. The highest BCUT2D eigenvalue weighted by molar-refractivity contribution is 7.84. The number of benzene rings is 1. The van der Waals surface area contributed by atoms with Gasteiger partial charge in [0.25, 0.3) is 0 Å². The monoisotopic (exact) mass is 302 g/mol. The summed E-state index contributed by atoms with van der Waals surface area (Å²) in [4.78, 5) is 8.40. The first-order valence-electron chi connectivity index (χ1n) is 6.46. The van der Waals surface area contributed by atoms with Crippen molar-refractivity contribution in [3.63, 3.8) is 0 Å². The Bertz CT molecular complexity index is 783. The first-order valence-corrected chi connectivity index (χ1v) is 8.02. The van der Waals surface area contributed by atoms with Gasteiger partial charge in [-0.05, 0) is 25.1 Å². The zero-order valence-corrected chi connectivity index (χ0v) is 12.5. The van der Waals surface area contributed by atoms with E-state index in [1.54, 1.807) is 24.7 Å². The average Bonchev–Trinajstić information content (AvgIpc) is 2.91. The fourth-order valence-corrected chi connectivity index (χ4v) is 2.59. The lowest BCUT2D eigenvalue weighted by atomic mass is 10.2. The minimum Gasteiger partial charge on any atom is -0.493 e. The molecule has 2 aromatic heterocycles. The molecule has 0 aliphatic carbocycles. The molecular formula is C14H14N4O2S. The standard InChI is InChI=1S/C14H14N4O2S/c1-3-20-13-6-9(21(2)19)4-5-10(13)14-17-11-7-15-16-8-12(11)18-14/h4-8H,3H2,1-2H3,(H,17,18). The lowest BCUT2D eigenvalue weighted by Crippen LogP contribution is -1.97. The SMILES string of the molecule is CCOc1cc(S(C)=O)ccc1-c1nc2cnncc2[nH]1. The zero-order chi connectivity index (χ0) is 14.8. The molecule has 0 bridgehead atoms. The fourth-order valence-electron chi connectivity index (χ4n) is 2.06. The highest BCUT2D eigenvalue weighted by Gasteiger charge is 2.13. The van der Waals surface area contributed by atoms with Crippen LogP contribution in [0.15, 0.2) is 35.5 Å². The maximum atomic E-state index is 11.6. The van der Waals surface area contributed by atoms with Crippen LogP contribution in [0.5, 0.6) is 5.75 Å². The number of nitrogens with zero attached hydrogens (tertiary/aromatic N) is 3. The van der Waals surface area contributed by atoms with E-state index in [4.69, 9.17) is 4.74 Å². The van der Waals surface area contributed by atoms with E-state index in [0.29, 0.717) is 18.2 Å². The summed E-state index contributed by atoms with van der Waals surface area (Å²) in [6.45, 7) is 2.43. The van der Waals surface area contributed by atoms with Gasteiger partial charge in [-0.3, -0.25) is 4.21 Å². The molecule has 0 aliphatic rings. The van der Waals surface area contributed by atoms with Crippen LogP contribution in [0, 0.1) is 0 Å². The average molecular weight is 302 g/mol. The Balaban J connectivity index is 2.13. The smallest absolute Gasteiger partial charge is 0.142 e. The van der Waals surface area contributed by atoms with Crippen LogP contribution in [-0.2, 0) is 10.8 Å². The van der Waals surface area contributed by atoms with Gasteiger partial charge in [0.2, 0.25) is 0 Å². The second-order valence-electron chi connectivity index (χ2n) is 4.42. The van der Waals surface area contributed by atoms with Gasteiger partial charge in [-0.2, -0.15) is 10.2 Å². The summed E-state index contributed by atoms with van der Waals surface area (Å²) in [7, 11) is -1.05. The van der Waals surface area contributed by atoms with Gasteiger partial charge in [-0.1, -0.05) is 0 Å². The highest BCUT2D eigenvalue weighted by Crippen LogP contribution is 2.31. The van der Waals surface area contributed by atoms with E-state index >= 15 is 0 Å². The maximum Gasteiger partial charge on any atom is 0.142 e. The Morgan fingerprint density at radius 2 is 2.10 bits per heavy atom. The second-order valence-corrected chi connectivity index (χ2v) is 5.80. The molecule has 1 aromatic carbocycles. The molecule has 0 amide bonds. The summed E-state index contributed by atoms with van der Waals surface area (Å²) in [5, 5.41) is 7.64. The highest BCUT2D eigenvalue weighted by atomic mass is 32.2. The first-order chi connectivity index (χ1) is 10.2. The lowest BCUT2D eigenvalue weighted by molar-refractivity contribution is 0.340. The number of H-pyrrole nitrogens is 1. The van der Waals surface area contributed by atoms with Crippen molar-refractivity contribution in [2.75, 3.05) is 12.9 Å². The molecule has 0 saturated heterocycles. The third-order valence-corrected chi connectivity index (χ3v) is 3.95. The molecule has 1 unspecified atom stereocenters. The Labute approximate surface area is 124 Å². The summed E-state index contributed by atoms with van der Waals surface area (Å²) in [5.41, 5.74) is 2.37. The molecule has 0 saturated carbocycles. The molecule has 2 heterocycles. The van der Waals surface area contributed by atoms with Gasteiger partial charge >= 0.3 is 0 Å². The van der Waals surface area contributed by atoms with Crippen LogP contribution in [0.25, 0.3) is 22.4 Å². The predicted octanol–water partition coefficient (Wildman–Crippen LogP) is 2.16. The van der Waals surface area contributed by atoms with Crippen LogP contribution in [0.2, 0.25) is 0 Å². The van der Waals surface area contributed by atoms with Gasteiger partial charge in [0.05, 0.1) is 30.1 Å². The first kappa shape index (κ1) is 13.7. The Morgan fingerprint density at radius 3 is 2.81 bits per heavy atom. The number of aromatic nitrogens is 4. The van der Waals surface area contributed by atoms with Gasteiger partial charge < -0.3 is 9.72 Å². The van der Waals surface area contributed by atoms with Gasteiger partial charge in [0, 0.05) is 22.0 Å². The summed E-state index contributed by atoms with van der Waals surface area (Å²) < 4.78 is 17.3. The Morgan fingerprint density at radius 1 is 1.29 bits per heavy atom. The van der Waals surface area contributed by atoms with E-state index in [0.717, 1.165) is 21.5 Å². The molecule has 0 aliphatic heterocycles. The number of imidazole rings is 1. The molecular weight excluding hydrogens is 288 g/mol. The van der Waals surface area contributed by atoms with Crippen molar-refractivity contribution in [2.45, 2.75) is 11.8 Å². The van der Waals surface area contributed by atoms with Crippen LogP contribution in [0.4, 0.5) is 0 Å². The third-order valence-electron chi connectivity index (χ3n) is 3.03. The van der Waals surface area contributed by atoms with Crippen LogP contribution in [0.3, 0.4) is 0 Å². The van der Waals surface area contributed by atoms with E-state index in [-0.39, 0.29) is 0 Å². The maximum absolute atomic E-state index is 11.6. The molecule has 1 atom stereocenters. The van der Waals surface area contributed by atoms with Crippen molar-refractivity contribution < 1.29 is 8.95 Å². The minimum atomic E-state index is -1.05. The third kappa shape index (κ3) is 2.64. The predicted molar refractivity (Wildman–Crippen MR) is 80.6 cm³/mol. The van der Waals surface area contributed by atoms with Gasteiger partial charge in [0.1, 0.15) is 17.1 Å². The van der Waals surface area contributed by atoms with Gasteiger partial charge in [-0.15, -0.1) is 0 Å². The number of nitrogens with one attached hydrogen (secondary N) is 1. The fraction of sp³-hybridized carbons (Fsp3) is 0.214. The number of rotatable bonds is 4. The van der Waals surface area contributed by atoms with Gasteiger partial charge in [0.15, 0.2) is 0 Å². The van der Waals surface area contributed by atoms with E-state index in [2.05, 4.69) is 20.2 Å². The number of ether oxygens (including phenoxy) is 1. The van der Waals surface area contributed by atoms with E-state index in [1.165, 1.54) is 0 Å². The number of aromatic amines is 1. The molecule has 6 nitrogen and oxygen atoms in total. The van der Waals surface area contributed by atoms with Crippen LogP contribution < -0.4 is 4.74 Å². The summed E-state index contributed by atoms with van der Waals surface area (Å²) in [5.74, 6) is 1.34. The largest absolute Gasteiger partial charge is 0.493 e. The molecule has 7 heteroatoms. The number of hydrogen-bond donors (Lipinski definition) is 1. The molecule has 3 rings (SSSR count). The van der Waals surface area contributed by atoms with E-state index in [9.17, 15) is 4.21 Å². The Kier molecular flexibility index (Phi) is 3.66. The topological polar surface area (TPSA) is 80.8 Å². The van der Waals surface area contributed by atoms with Crippen molar-refractivity contribution in [2.24, 2.45) is 0 Å². The van der Waals surface area contributed by atoms with Crippen molar-refractivity contribution in [3.05, 3.63) is 30.6 Å². The quantitative estimate of drug-likeness (QED) is 0.798. The summed E-state index contributed by atoms with van der Waals surface area (Å²) in [6.07, 6.45) is 4.87. The molecule has 0 spiro atoms. The normalized spacial score (nSPS) is 12.5. The Hall–Kier alpha value is -2.28.